The molecule has 0 aliphatic rings. The third-order valence-electron chi connectivity index (χ3n) is 2.26. The summed E-state index contributed by atoms with van der Waals surface area (Å²) < 4.78 is 0. The molecule has 1 aromatic carbocycles. The molecule has 0 saturated carbocycles. The van der Waals surface area contributed by atoms with E-state index in [0.29, 0.717) is 18.7 Å². The Bertz CT molecular complexity index is 440. The summed E-state index contributed by atoms with van der Waals surface area (Å²) in [4.78, 5) is 4.44. The normalized spacial score (nSPS) is 10.6. The second-order valence-corrected chi connectivity index (χ2v) is 3.67. The van der Waals surface area contributed by atoms with Crippen molar-refractivity contribution in [2.45, 2.75) is 13.5 Å². The van der Waals surface area contributed by atoms with Crippen LogP contribution in [0.5, 0.6) is 0 Å². The van der Waals surface area contributed by atoms with E-state index < -0.39 is 0 Å². The lowest BCUT2D eigenvalue weighted by atomic mass is 10.1. The van der Waals surface area contributed by atoms with Gasteiger partial charge >= 0.3 is 0 Å². The van der Waals surface area contributed by atoms with E-state index in [1.165, 1.54) is 0 Å². The maximum absolute atomic E-state index is 8.71. The van der Waals surface area contributed by atoms with E-state index in [-0.39, 0.29) is 0 Å². The summed E-state index contributed by atoms with van der Waals surface area (Å²) >= 11 is 0. The van der Waals surface area contributed by atoms with Crippen LogP contribution in [0.3, 0.4) is 0 Å². The van der Waals surface area contributed by atoms with Crippen molar-refractivity contribution in [3.63, 3.8) is 0 Å². The fourth-order valence-corrected chi connectivity index (χ4v) is 1.37. The Morgan fingerprint density at radius 3 is 2.67 bits per heavy atom. The number of rotatable bonds is 5. The largest absolute Gasteiger partial charge is 0.357 e. The lowest BCUT2D eigenvalue weighted by Crippen LogP contribution is -2.37. The average molecular weight is 242 g/mol. The Hall–Kier alpha value is -2.28. The van der Waals surface area contributed by atoms with Crippen LogP contribution in [0.2, 0.25) is 0 Å². The van der Waals surface area contributed by atoms with Crippen LogP contribution in [0.15, 0.2) is 41.9 Å². The highest BCUT2D eigenvalue weighted by Gasteiger charge is 1.96. The smallest absolute Gasteiger partial charge is 0.191 e. The molecule has 0 amide bonds. The lowest BCUT2D eigenvalue weighted by Gasteiger charge is -2.09. The fraction of sp³-hybridized carbons (Fsp3) is 0.286. The van der Waals surface area contributed by atoms with Crippen molar-refractivity contribution in [1.82, 2.24) is 10.6 Å². The number of nitriles is 1. The van der Waals surface area contributed by atoms with Crippen LogP contribution >= 0.6 is 0 Å². The minimum absolute atomic E-state index is 0.582. The first-order chi connectivity index (χ1) is 8.80. The van der Waals surface area contributed by atoms with Crippen molar-refractivity contribution in [1.29, 1.82) is 5.26 Å². The molecule has 1 aromatic rings. The number of hydrogen-bond acceptors (Lipinski definition) is 2. The van der Waals surface area contributed by atoms with Gasteiger partial charge in [0.15, 0.2) is 5.96 Å². The van der Waals surface area contributed by atoms with Gasteiger partial charge in [0.1, 0.15) is 0 Å². The van der Waals surface area contributed by atoms with E-state index in [1.54, 1.807) is 18.2 Å². The summed E-state index contributed by atoms with van der Waals surface area (Å²) in [6, 6.07) is 9.53. The van der Waals surface area contributed by atoms with Gasteiger partial charge in [-0.15, -0.1) is 6.58 Å². The van der Waals surface area contributed by atoms with Gasteiger partial charge in [0, 0.05) is 13.1 Å². The van der Waals surface area contributed by atoms with E-state index >= 15 is 0 Å². The maximum Gasteiger partial charge on any atom is 0.191 e. The molecule has 1 rings (SSSR count). The number of benzene rings is 1. The molecule has 0 heterocycles. The standard InChI is InChI=1S/C14H18N4/c1-3-9-17-14(16-4-2)18-11-13-7-5-12(10-15)6-8-13/h3,5-8H,1,4,9,11H2,2H3,(H2,16,17,18). The summed E-state index contributed by atoms with van der Waals surface area (Å²) in [7, 11) is 0. The van der Waals surface area contributed by atoms with Crippen LogP contribution in [-0.4, -0.2) is 19.0 Å². The van der Waals surface area contributed by atoms with E-state index in [2.05, 4.69) is 28.3 Å². The van der Waals surface area contributed by atoms with Gasteiger partial charge in [-0.1, -0.05) is 18.2 Å². The molecule has 0 aliphatic heterocycles. The topological polar surface area (TPSA) is 60.2 Å². The van der Waals surface area contributed by atoms with Gasteiger partial charge in [0.25, 0.3) is 0 Å². The van der Waals surface area contributed by atoms with Crippen molar-refractivity contribution in [3.8, 4) is 6.07 Å². The van der Waals surface area contributed by atoms with Gasteiger partial charge in [-0.05, 0) is 24.6 Å². The zero-order valence-electron chi connectivity index (χ0n) is 10.6. The van der Waals surface area contributed by atoms with Gasteiger partial charge in [-0.2, -0.15) is 5.26 Å². The molecule has 18 heavy (non-hydrogen) atoms. The molecule has 4 heteroatoms. The van der Waals surface area contributed by atoms with E-state index in [4.69, 9.17) is 5.26 Å². The third-order valence-corrected chi connectivity index (χ3v) is 2.26. The average Bonchev–Trinajstić information content (AvgIpc) is 2.42. The number of aliphatic imine (C=N–C) groups is 1. The summed E-state index contributed by atoms with van der Waals surface area (Å²) in [5.41, 5.74) is 1.74. The van der Waals surface area contributed by atoms with Crippen molar-refractivity contribution < 1.29 is 0 Å². The Morgan fingerprint density at radius 1 is 1.39 bits per heavy atom. The van der Waals surface area contributed by atoms with Crippen molar-refractivity contribution in [2.75, 3.05) is 13.1 Å². The zero-order chi connectivity index (χ0) is 13.2. The van der Waals surface area contributed by atoms with Crippen LogP contribution in [0.25, 0.3) is 0 Å². The molecule has 94 valence electrons. The molecule has 0 radical (unpaired) electrons. The van der Waals surface area contributed by atoms with E-state index in [9.17, 15) is 0 Å². The Balaban J connectivity index is 2.62. The number of nitrogens with one attached hydrogen (secondary N) is 2. The van der Waals surface area contributed by atoms with Crippen LogP contribution in [0, 0.1) is 11.3 Å². The molecule has 0 aliphatic carbocycles. The van der Waals surface area contributed by atoms with E-state index in [0.717, 1.165) is 18.1 Å². The fourth-order valence-electron chi connectivity index (χ4n) is 1.37. The number of guanidine groups is 1. The van der Waals surface area contributed by atoms with Crippen LogP contribution in [-0.2, 0) is 6.54 Å². The summed E-state index contributed by atoms with van der Waals surface area (Å²) in [6.07, 6.45) is 1.79. The number of hydrogen-bond donors (Lipinski definition) is 2. The second kappa shape index (κ2) is 7.91. The van der Waals surface area contributed by atoms with Gasteiger partial charge < -0.3 is 10.6 Å². The first-order valence-corrected chi connectivity index (χ1v) is 5.92. The highest BCUT2D eigenvalue weighted by Crippen LogP contribution is 2.04. The van der Waals surface area contributed by atoms with Gasteiger partial charge in [0.05, 0.1) is 18.2 Å². The highest BCUT2D eigenvalue weighted by molar-refractivity contribution is 5.79. The molecule has 0 saturated heterocycles. The summed E-state index contributed by atoms with van der Waals surface area (Å²) in [6.45, 7) is 7.75. The quantitative estimate of drug-likeness (QED) is 0.470. The van der Waals surface area contributed by atoms with Gasteiger partial charge in [-0.3, -0.25) is 0 Å². The number of nitrogens with zero attached hydrogens (tertiary/aromatic N) is 2. The predicted molar refractivity (Wildman–Crippen MR) is 74.2 cm³/mol. The first-order valence-electron chi connectivity index (χ1n) is 5.92. The van der Waals surface area contributed by atoms with E-state index in [1.807, 2.05) is 19.1 Å². The predicted octanol–water partition coefficient (Wildman–Crippen LogP) is 1.80. The Labute approximate surface area is 108 Å². The molecule has 0 bridgehead atoms. The highest BCUT2D eigenvalue weighted by atomic mass is 15.2. The van der Waals surface area contributed by atoms with Crippen LogP contribution in [0.4, 0.5) is 0 Å². The SMILES string of the molecule is C=CCNC(=NCc1ccc(C#N)cc1)NCC. The summed E-state index contributed by atoms with van der Waals surface area (Å²) in [5, 5.41) is 15.0. The summed E-state index contributed by atoms with van der Waals surface area (Å²) in [5.74, 6) is 0.766. The zero-order valence-corrected chi connectivity index (χ0v) is 10.6. The molecule has 2 N–H and O–H groups in total. The third kappa shape index (κ3) is 4.71. The minimum Gasteiger partial charge on any atom is -0.357 e. The van der Waals surface area contributed by atoms with Gasteiger partial charge in [0.2, 0.25) is 0 Å². The van der Waals surface area contributed by atoms with Gasteiger partial charge in [-0.25, -0.2) is 4.99 Å². The maximum atomic E-state index is 8.71. The van der Waals surface area contributed by atoms with Crippen LogP contribution < -0.4 is 10.6 Å². The van der Waals surface area contributed by atoms with Crippen molar-refractivity contribution >= 4 is 5.96 Å². The Kier molecular flexibility index (Phi) is 6.05. The molecular weight excluding hydrogens is 224 g/mol. The second-order valence-electron chi connectivity index (χ2n) is 3.67. The lowest BCUT2D eigenvalue weighted by molar-refractivity contribution is 0.860. The molecular formula is C14H18N4. The van der Waals surface area contributed by atoms with Crippen molar-refractivity contribution in [2.24, 2.45) is 4.99 Å². The molecule has 0 spiro atoms. The molecule has 4 nitrogen and oxygen atoms in total. The van der Waals surface area contributed by atoms with Crippen LogP contribution in [0.1, 0.15) is 18.1 Å². The first kappa shape index (κ1) is 13.8. The minimum atomic E-state index is 0.582. The monoisotopic (exact) mass is 242 g/mol. The van der Waals surface area contributed by atoms with Crippen molar-refractivity contribution in [3.05, 3.63) is 48.0 Å². The molecule has 0 fully saturated rings. The molecule has 0 unspecified atom stereocenters. The Morgan fingerprint density at radius 2 is 2.11 bits per heavy atom. The molecule has 0 atom stereocenters. The molecule has 0 aromatic heterocycles.